The van der Waals surface area contributed by atoms with E-state index in [2.05, 4.69) is 16.7 Å². The molecule has 3 aromatic rings. The number of nitrogens with zero attached hydrogens (tertiary/aromatic N) is 2. The second-order valence-corrected chi connectivity index (χ2v) is 8.61. The highest BCUT2D eigenvalue weighted by molar-refractivity contribution is 7.16. The molecule has 1 amide bonds. The van der Waals surface area contributed by atoms with Gasteiger partial charge in [-0.25, -0.2) is 0 Å². The van der Waals surface area contributed by atoms with Crippen LogP contribution in [0.1, 0.15) is 12.0 Å². The van der Waals surface area contributed by atoms with Crippen LogP contribution in [0.15, 0.2) is 47.3 Å². The fraction of sp³-hybridized carbons (Fsp3) is 0.348. The first-order valence-corrected chi connectivity index (χ1v) is 11.1. The Labute approximate surface area is 184 Å². The summed E-state index contributed by atoms with van der Waals surface area (Å²) in [6.07, 6.45) is 0.720. The van der Waals surface area contributed by atoms with Gasteiger partial charge in [-0.3, -0.25) is 9.59 Å². The summed E-state index contributed by atoms with van der Waals surface area (Å²) in [7, 11) is 1.78. The number of carbonyl (C=O) groups is 1. The van der Waals surface area contributed by atoms with E-state index in [1.54, 1.807) is 11.6 Å². The van der Waals surface area contributed by atoms with Crippen LogP contribution in [-0.2, 0) is 23.0 Å². The number of hydrogen-bond acceptors (Lipinski definition) is 6. The molecule has 0 aliphatic carbocycles. The highest BCUT2D eigenvalue weighted by Gasteiger charge is 2.23. The van der Waals surface area contributed by atoms with Crippen molar-refractivity contribution in [2.24, 2.45) is 7.05 Å². The van der Waals surface area contributed by atoms with E-state index in [0.717, 1.165) is 39.9 Å². The number of aryl methyl sites for hydroxylation is 1. The number of benzene rings is 2. The first-order valence-electron chi connectivity index (χ1n) is 10.3. The summed E-state index contributed by atoms with van der Waals surface area (Å²) in [5.41, 5.74) is 3.92. The van der Waals surface area contributed by atoms with E-state index in [0.29, 0.717) is 19.6 Å². The van der Waals surface area contributed by atoms with Gasteiger partial charge >= 0.3 is 4.87 Å². The molecule has 2 heterocycles. The summed E-state index contributed by atoms with van der Waals surface area (Å²) in [6, 6.07) is 15.5. The summed E-state index contributed by atoms with van der Waals surface area (Å²) in [4.78, 5) is 24.3. The molecule has 1 aliphatic rings. The molecule has 2 unspecified atom stereocenters. The summed E-state index contributed by atoms with van der Waals surface area (Å²) in [6.45, 7) is 1.82. The summed E-state index contributed by atoms with van der Waals surface area (Å²) < 4.78 is 8.19. The number of thiazole rings is 1. The molecule has 4 rings (SSSR count). The van der Waals surface area contributed by atoms with Crippen LogP contribution in [0.3, 0.4) is 0 Å². The highest BCUT2D eigenvalue weighted by Crippen LogP contribution is 2.26. The third kappa shape index (κ3) is 4.85. The van der Waals surface area contributed by atoms with Gasteiger partial charge in [-0.1, -0.05) is 41.7 Å². The molecule has 160 valence electrons. The molecule has 1 fully saturated rings. The van der Waals surface area contributed by atoms with Crippen molar-refractivity contribution in [2.45, 2.75) is 25.0 Å². The number of fused-ring (bicyclic) bond motifs is 1. The molecule has 8 heteroatoms. The van der Waals surface area contributed by atoms with Crippen molar-refractivity contribution in [1.29, 1.82) is 5.26 Å². The topological polar surface area (TPSA) is 96.2 Å². The third-order valence-corrected chi connectivity index (χ3v) is 6.44. The number of ether oxygens (including phenoxy) is 1. The standard InChI is InChI=1S/C23H24N4O3S/c1-27-19-12-17(7-8-21(19)31-23(27)29)16-5-3-15(4-6-16)11-18(13-24)26-22(28)20-14-25-9-2-10-30-20/h3-8,12,18,20,25H,2,9-11,14H2,1H3,(H,26,28). The Morgan fingerprint density at radius 1 is 1.32 bits per heavy atom. The molecule has 1 aliphatic heterocycles. The van der Waals surface area contributed by atoms with Crippen LogP contribution in [0.4, 0.5) is 0 Å². The Bertz CT molecular complexity index is 1170. The van der Waals surface area contributed by atoms with E-state index < -0.39 is 12.1 Å². The van der Waals surface area contributed by atoms with Gasteiger partial charge in [0.15, 0.2) is 0 Å². The molecule has 7 nitrogen and oxygen atoms in total. The largest absolute Gasteiger partial charge is 0.367 e. The van der Waals surface area contributed by atoms with Crippen LogP contribution in [-0.4, -0.2) is 42.3 Å². The van der Waals surface area contributed by atoms with Crippen molar-refractivity contribution in [3.63, 3.8) is 0 Å². The number of rotatable bonds is 5. The van der Waals surface area contributed by atoms with Crippen LogP contribution >= 0.6 is 11.3 Å². The van der Waals surface area contributed by atoms with Crippen LogP contribution < -0.4 is 15.5 Å². The summed E-state index contributed by atoms with van der Waals surface area (Å²) in [5, 5.41) is 15.5. The van der Waals surface area contributed by atoms with Gasteiger partial charge in [0.1, 0.15) is 12.1 Å². The average molecular weight is 437 g/mol. The normalized spacial score (nSPS) is 17.6. The van der Waals surface area contributed by atoms with E-state index in [-0.39, 0.29) is 10.8 Å². The average Bonchev–Trinajstić information content (AvgIpc) is 2.96. The van der Waals surface area contributed by atoms with E-state index in [4.69, 9.17) is 4.74 Å². The quantitative estimate of drug-likeness (QED) is 0.639. The van der Waals surface area contributed by atoms with Crippen LogP contribution in [0, 0.1) is 11.3 Å². The van der Waals surface area contributed by atoms with Crippen molar-refractivity contribution in [3.05, 3.63) is 57.7 Å². The Kier molecular flexibility index (Phi) is 6.47. The maximum Gasteiger partial charge on any atom is 0.307 e. The second kappa shape index (κ2) is 9.43. The van der Waals surface area contributed by atoms with Gasteiger partial charge in [0, 0.05) is 26.6 Å². The first-order chi connectivity index (χ1) is 15.0. The van der Waals surface area contributed by atoms with Gasteiger partial charge in [-0.05, 0) is 41.8 Å². The Hall–Kier alpha value is -2.99. The summed E-state index contributed by atoms with van der Waals surface area (Å²) in [5.74, 6) is -0.257. The Morgan fingerprint density at radius 3 is 2.87 bits per heavy atom. The van der Waals surface area contributed by atoms with Gasteiger partial charge in [-0.2, -0.15) is 5.26 Å². The zero-order valence-electron chi connectivity index (χ0n) is 17.3. The number of aromatic nitrogens is 1. The smallest absolute Gasteiger partial charge is 0.307 e. The zero-order valence-corrected chi connectivity index (χ0v) is 18.1. The molecule has 31 heavy (non-hydrogen) atoms. The van der Waals surface area contributed by atoms with Gasteiger partial charge in [0.05, 0.1) is 16.3 Å². The lowest BCUT2D eigenvalue weighted by Gasteiger charge is -2.18. The molecular weight excluding hydrogens is 412 g/mol. The van der Waals surface area contributed by atoms with Gasteiger partial charge < -0.3 is 19.9 Å². The Morgan fingerprint density at radius 2 is 2.10 bits per heavy atom. The Balaban J connectivity index is 1.43. The molecule has 0 bridgehead atoms. The van der Waals surface area contributed by atoms with Crippen molar-refractivity contribution >= 4 is 27.5 Å². The molecule has 0 saturated carbocycles. The fourth-order valence-electron chi connectivity index (χ4n) is 3.65. The molecule has 2 atom stereocenters. The van der Waals surface area contributed by atoms with Crippen LogP contribution in [0.2, 0.25) is 0 Å². The maximum atomic E-state index is 12.4. The molecule has 2 N–H and O–H groups in total. The number of nitriles is 1. The van der Waals surface area contributed by atoms with E-state index in [1.165, 1.54) is 11.3 Å². The van der Waals surface area contributed by atoms with Crippen LogP contribution in [0.25, 0.3) is 21.3 Å². The predicted octanol–water partition coefficient (Wildman–Crippen LogP) is 2.20. The number of nitrogens with one attached hydrogen (secondary N) is 2. The van der Waals surface area contributed by atoms with Gasteiger partial charge in [0.25, 0.3) is 5.91 Å². The number of carbonyl (C=O) groups excluding carboxylic acids is 1. The van der Waals surface area contributed by atoms with Crippen LogP contribution in [0.5, 0.6) is 0 Å². The minimum absolute atomic E-state index is 0.0251. The number of amides is 1. The van der Waals surface area contributed by atoms with Crippen molar-refractivity contribution in [2.75, 3.05) is 19.7 Å². The fourth-order valence-corrected chi connectivity index (χ4v) is 4.51. The SMILES string of the molecule is Cn1c(=O)sc2ccc(-c3ccc(CC(C#N)NC(=O)C4CNCCCO4)cc3)cc21. The van der Waals surface area contributed by atoms with E-state index in [9.17, 15) is 14.9 Å². The van der Waals surface area contributed by atoms with Crippen molar-refractivity contribution in [3.8, 4) is 17.2 Å². The molecule has 1 saturated heterocycles. The minimum atomic E-state index is -0.623. The molecule has 2 aromatic carbocycles. The first kappa shape index (κ1) is 21.2. The monoisotopic (exact) mass is 436 g/mol. The van der Waals surface area contributed by atoms with E-state index >= 15 is 0 Å². The molecule has 1 aromatic heterocycles. The lowest BCUT2D eigenvalue weighted by atomic mass is 10.0. The lowest BCUT2D eigenvalue weighted by Crippen LogP contribution is -2.46. The molecule has 0 spiro atoms. The predicted molar refractivity (Wildman–Crippen MR) is 121 cm³/mol. The molecule has 0 radical (unpaired) electrons. The molecular formula is C23H24N4O3S. The van der Waals surface area contributed by atoms with Crippen molar-refractivity contribution < 1.29 is 9.53 Å². The number of hydrogen-bond donors (Lipinski definition) is 2. The van der Waals surface area contributed by atoms with Crippen molar-refractivity contribution in [1.82, 2.24) is 15.2 Å². The zero-order chi connectivity index (χ0) is 21.8. The third-order valence-electron chi connectivity index (χ3n) is 5.43. The lowest BCUT2D eigenvalue weighted by molar-refractivity contribution is -0.132. The summed E-state index contributed by atoms with van der Waals surface area (Å²) >= 11 is 1.24. The second-order valence-electron chi connectivity index (χ2n) is 7.62. The minimum Gasteiger partial charge on any atom is -0.367 e. The highest BCUT2D eigenvalue weighted by atomic mass is 32.1. The van der Waals surface area contributed by atoms with E-state index in [1.807, 2.05) is 42.5 Å². The van der Waals surface area contributed by atoms with Gasteiger partial charge in [0.2, 0.25) is 0 Å². The van der Waals surface area contributed by atoms with Gasteiger partial charge in [-0.15, -0.1) is 0 Å². The maximum absolute atomic E-state index is 12.4.